The third kappa shape index (κ3) is 4.91. The first-order chi connectivity index (χ1) is 13.9. The largest absolute Gasteiger partial charge is 0.449 e. The van der Waals surface area contributed by atoms with Crippen molar-refractivity contribution in [2.45, 2.75) is 65.0 Å². The smallest absolute Gasteiger partial charge is 0.339 e. The number of pyridine rings is 1. The van der Waals surface area contributed by atoms with Gasteiger partial charge in [0.25, 0.3) is 5.91 Å². The lowest BCUT2D eigenvalue weighted by atomic mass is 9.97. The average Bonchev–Trinajstić information content (AvgIpc) is 2.90. The number of amides is 3. The number of rotatable bonds is 4. The number of ether oxygens (including phenoxy) is 1. The second-order valence-corrected chi connectivity index (χ2v) is 7.65. The van der Waals surface area contributed by atoms with Crippen LogP contribution in [0.25, 0.3) is 10.9 Å². The van der Waals surface area contributed by atoms with Gasteiger partial charge in [-0.05, 0) is 58.1 Å². The fraction of sp³-hybridized carbons (Fsp3) is 0.455. The molecule has 29 heavy (non-hydrogen) atoms. The van der Waals surface area contributed by atoms with Crippen molar-refractivity contribution >= 4 is 28.8 Å². The Morgan fingerprint density at radius 2 is 1.76 bits per heavy atom. The lowest BCUT2D eigenvalue weighted by molar-refractivity contribution is -0.127. The van der Waals surface area contributed by atoms with Crippen LogP contribution in [0.1, 0.15) is 61.6 Å². The van der Waals surface area contributed by atoms with Crippen LogP contribution in [0.4, 0.5) is 4.79 Å². The number of nitrogens with zero attached hydrogens (tertiary/aromatic N) is 1. The summed E-state index contributed by atoms with van der Waals surface area (Å²) in [4.78, 5) is 41.8. The van der Waals surface area contributed by atoms with Crippen molar-refractivity contribution in [2.24, 2.45) is 0 Å². The normalized spacial score (nSPS) is 14.6. The van der Waals surface area contributed by atoms with Gasteiger partial charge in [0.05, 0.1) is 11.1 Å². The number of benzene rings is 1. The van der Waals surface area contributed by atoms with E-state index >= 15 is 0 Å². The monoisotopic (exact) mass is 397 g/mol. The molecule has 7 heteroatoms. The number of imide groups is 1. The Morgan fingerprint density at radius 3 is 2.52 bits per heavy atom. The van der Waals surface area contributed by atoms with Gasteiger partial charge in [0.2, 0.25) is 0 Å². The molecule has 0 saturated heterocycles. The SMILES string of the molecule is CC(C)NC(=O)NC(=O)[C@@H](C)OC(=O)c1c2c(nc3ccccc13)CCCCC2. The Hall–Kier alpha value is -2.96. The third-order valence-corrected chi connectivity index (χ3v) is 4.93. The van der Waals surface area contributed by atoms with Gasteiger partial charge in [0, 0.05) is 17.1 Å². The molecule has 1 aliphatic rings. The molecule has 1 heterocycles. The highest BCUT2D eigenvalue weighted by Crippen LogP contribution is 2.29. The van der Waals surface area contributed by atoms with Crippen LogP contribution in [0.15, 0.2) is 24.3 Å². The first-order valence-corrected chi connectivity index (χ1v) is 10.1. The zero-order valence-electron chi connectivity index (χ0n) is 17.1. The molecule has 3 rings (SSSR count). The van der Waals surface area contributed by atoms with Crippen LogP contribution in [0, 0.1) is 0 Å². The minimum absolute atomic E-state index is 0.112. The zero-order chi connectivity index (χ0) is 21.0. The molecule has 2 aromatic rings. The number of hydrogen-bond acceptors (Lipinski definition) is 5. The van der Waals surface area contributed by atoms with E-state index in [1.807, 2.05) is 24.3 Å². The Kier molecular flexibility index (Phi) is 6.46. The standard InChI is InChI=1S/C22H27N3O4/c1-13(2)23-22(28)25-20(26)14(3)29-21(27)19-15-9-5-4-6-11-17(15)24-18-12-8-7-10-16(18)19/h7-8,10,12-14H,4-6,9,11H2,1-3H3,(H2,23,25,26,28)/t14-/m1/s1. The second-order valence-electron chi connectivity index (χ2n) is 7.65. The predicted octanol–water partition coefficient (Wildman–Crippen LogP) is 3.28. The summed E-state index contributed by atoms with van der Waals surface area (Å²) >= 11 is 0. The van der Waals surface area contributed by atoms with E-state index in [2.05, 4.69) is 10.6 Å². The zero-order valence-corrected chi connectivity index (χ0v) is 17.1. The van der Waals surface area contributed by atoms with Gasteiger partial charge in [-0.15, -0.1) is 0 Å². The molecule has 0 unspecified atom stereocenters. The van der Waals surface area contributed by atoms with Crippen LogP contribution in [0.5, 0.6) is 0 Å². The van der Waals surface area contributed by atoms with Crippen molar-refractivity contribution in [1.82, 2.24) is 15.6 Å². The Labute approximate surface area is 170 Å². The van der Waals surface area contributed by atoms with E-state index in [0.29, 0.717) is 5.56 Å². The molecular weight excluding hydrogens is 370 g/mol. The van der Waals surface area contributed by atoms with E-state index in [1.54, 1.807) is 13.8 Å². The number of esters is 1. The van der Waals surface area contributed by atoms with Crippen molar-refractivity contribution in [2.75, 3.05) is 0 Å². The maximum absolute atomic E-state index is 13.1. The minimum atomic E-state index is -1.10. The van der Waals surface area contributed by atoms with Gasteiger partial charge in [-0.3, -0.25) is 15.1 Å². The number of aryl methyl sites for hydroxylation is 1. The lowest BCUT2D eigenvalue weighted by Gasteiger charge is -2.18. The molecule has 7 nitrogen and oxygen atoms in total. The highest BCUT2D eigenvalue weighted by Gasteiger charge is 2.26. The molecule has 154 valence electrons. The summed E-state index contributed by atoms with van der Waals surface area (Å²) in [6.07, 6.45) is 3.59. The van der Waals surface area contributed by atoms with Gasteiger partial charge in [-0.1, -0.05) is 24.6 Å². The van der Waals surface area contributed by atoms with Crippen molar-refractivity contribution in [1.29, 1.82) is 0 Å². The van der Waals surface area contributed by atoms with Crippen LogP contribution in [0.3, 0.4) is 0 Å². The predicted molar refractivity (Wildman–Crippen MR) is 110 cm³/mol. The molecule has 1 aliphatic carbocycles. The van der Waals surface area contributed by atoms with Crippen molar-refractivity contribution in [3.63, 3.8) is 0 Å². The average molecular weight is 397 g/mol. The second kappa shape index (κ2) is 9.03. The number of hydrogen-bond donors (Lipinski definition) is 2. The van der Waals surface area contributed by atoms with Crippen molar-refractivity contribution in [3.05, 3.63) is 41.1 Å². The molecule has 0 spiro atoms. The molecule has 0 radical (unpaired) electrons. The Balaban J connectivity index is 1.86. The first-order valence-electron chi connectivity index (χ1n) is 10.1. The summed E-state index contributed by atoms with van der Waals surface area (Å²) in [5.41, 5.74) is 3.07. The lowest BCUT2D eigenvalue weighted by Crippen LogP contribution is -2.46. The van der Waals surface area contributed by atoms with E-state index in [-0.39, 0.29) is 6.04 Å². The van der Waals surface area contributed by atoms with Crippen LogP contribution in [-0.4, -0.2) is 35.0 Å². The highest BCUT2D eigenvalue weighted by molar-refractivity contribution is 6.06. The fourth-order valence-corrected chi connectivity index (χ4v) is 3.57. The van der Waals surface area contributed by atoms with Crippen LogP contribution in [0.2, 0.25) is 0 Å². The number of para-hydroxylation sites is 1. The number of nitrogens with one attached hydrogen (secondary N) is 2. The van der Waals surface area contributed by atoms with Gasteiger partial charge < -0.3 is 10.1 Å². The number of urea groups is 1. The summed E-state index contributed by atoms with van der Waals surface area (Å²) < 4.78 is 5.46. The fourth-order valence-electron chi connectivity index (χ4n) is 3.57. The molecule has 2 N–H and O–H groups in total. The maximum Gasteiger partial charge on any atom is 0.339 e. The summed E-state index contributed by atoms with van der Waals surface area (Å²) in [5, 5.41) is 5.49. The van der Waals surface area contributed by atoms with Gasteiger partial charge in [-0.25, -0.2) is 9.59 Å². The van der Waals surface area contributed by atoms with E-state index in [4.69, 9.17) is 9.72 Å². The summed E-state index contributed by atoms with van der Waals surface area (Å²) in [6, 6.07) is 6.75. The number of fused-ring (bicyclic) bond motifs is 2. The van der Waals surface area contributed by atoms with E-state index in [0.717, 1.165) is 54.3 Å². The Morgan fingerprint density at radius 1 is 1.03 bits per heavy atom. The first kappa shape index (κ1) is 20.8. The quantitative estimate of drug-likeness (QED) is 0.609. The van der Waals surface area contributed by atoms with Crippen molar-refractivity contribution < 1.29 is 19.1 Å². The molecule has 0 fully saturated rings. The topological polar surface area (TPSA) is 97.4 Å². The molecule has 0 aliphatic heterocycles. The van der Waals surface area contributed by atoms with Gasteiger partial charge in [-0.2, -0.15) is 0 Å². The van der Waals surface area contributed by atoms with E-state index in [9.17, 15) is 14.4 Å². The minimum Gasteiger partial charge on any atom is -0.449 e. The van der Waals surface area contributed by atoms with Crippen LogP contribution in [-0.2, 0) is 22.4 Å². The number of aromatic nitrogens is 1. The van der Waals surface area contributed by atoms with E-state index in [1.165, 1.54) is 6.92 Å². The molecule has 3 amide bonds. The van der Waals surface area contributed by atoms with Crippen LogP contribution >= 0.6 is 0 Å². The molecule has 0 bridgehead atoms. The molecule has 1 aromatic heterocycles. The summed E-state index contributed by atoms with van der Waals surface area (Å²) in [7, 11) is 0. The maximum atomic E-state index is 13.1. The van der Waals surface area contributed by atoms with Crippen molar-refractivity contribution in [3.8, 4) is 0 Å². The van der Waals surface area contributed by atoms with Gasteiger partial charge >= 0.3 is 12.0 Å². The van der Waals surface area contributed by atoms with E-state index < -0.39 is 24.0 Å². The van der Waals surface area contributed by atoms with Gasteiger partial charge in [0.1, 0.15) is 0 Å². The molecule has 1 aromatic carbocycles. The van der Waals surface area contributed by atoms with Crippen LogP contribution < -0.4 is 10.6 Å². The summed E-state index contributed by atoms with van der Waals surface area (Å²) in [5.74, 6) is -1.23. The molecule has 1 atom stereocenters. The molecule has 0 saturated carbocycles. The van der Waals surface area contributed by atoms with Gasteiger partial charge in [0.15, 0.2) is 6.10 Å². The Bertz CT molecular complexity index is 939. The number of carbonyl (C=O) groups is 3. The third-order valence-electron chi connectivity index (χ3n) is 4.93. The molecular formula is C22H27N3O4. The number of carbonyl (C=O) groups excluding carboxylic acids is 3. The highest BCUT2D eigenvalue weighted by atomic mass is 16.5. The summed E-state index contributed by atoms with van der Waals surface area (Å²) in [6.45, 7) is 5.03.